The first-order valence-electron chi connectivity index (χ1n) is 5.82. The van der Waals surface area contributed by atoms with Crippen LogP contribution in [0.2, 0.25) is 0 Å². The molecule has 6 heteroatoms. The molecule has 0 amide bonds. The zero-order valence-electron chi connectivity index (χ0n) is 10.6. The van der Waals surface area contributed by atoms with E-state index in [9.17, 15) is 8.42 Å². The molecule has 0 aromatic heterocycles. The summed E-state index contributed by atoms with van der Waals surface area (Å²) in [5, 5.41) is 0. The van der Waals surface area contributed by atoms with Gasteiger partial charge in [0.15, 0.2) is 0 Å². The molecule has 0 saturated carbocycles. The van der Waals surface area contributed by atoms with Gasteiger partial charge in [-0.1, -0.05) is 13.0 Å². The SMILES string of the molecule is COc1ccc(CN2CC(C)CS2(=O)=O)cc1N. The van der Waals surface area contributed by atoms with Gasteiger partial charge in [0.05, 0.1) is 18.6 Å². The fraction of sp³-hybridized carbons (Fsp3) is 0.500. The van der Waals surface area contributed by atoms with Crippen LogP contribution in [0.3, 0.4) is 0 Å². The normalized spacial score (nSPS) is 23.1. The highest BCUT2D eigenvalue weighted by molar-refractivity contribution is 7.89. The van der Waals surface area contributed by atoms with E-state index in [2.05, 4.69) is 0 Å². The van der Waals surface area contributed by atoms with Crippen molar-refractivity contribution in [1.82, 2.24) is 4.31 Å². The lowest BCUT2D eigenvalue weighted by molar-refractivity contribution is 0.406. The van der Waals surface area contributed by atoms with Crippen molar-refractivity contribution in [3.05, 3.63) is 23.8 Å². The fourth-order valence-electron chi connectivity index (χ4n) is 2.23. The molecule has 100 valence electrons. The molecule has 2 rings (SSSR count). The van der Waals surface area contributed by atoms with Crippen molar-refractivity contribution in [2.45, 2.75) is 13.5 Å². The third-order valence-electron chi connectivity index (χ3n) is 3.06. The van der Waals surface area contributed by atoms with E-state index in [0.29, 0.717) is 24.5 Å². The third-order valence-corrected chi connectivity index (χ3v) is 5.11. The summed E-state index contributed by atoms with van der Waals surface area (Å²) in [7, 11) is -1.55. The highest BCUT2D eigenvalue weighted by atomic mass is 32.2. The Morgan fingerprint density at radius 1 is 1.50 bits per heavy atom. The standard InChI is InChI=1S/C12H18N2O3S/c1-9-6-14(18(15,16)8-9)7-10-3-4-12(17-2)11(13)5-10/h3-5,9H,6-8,13H2,1-2H3. The predicted octanol–water partition coefficient (Wildman–Crippen LogP) is 1.06. The Bertz CT molecular complexity index is 542. The van der Waals surface area contributed by atoms with Gasteiger partial charge in [0.25, 0.3) is 0 Å². The van der Waals surface area contributed by atoms with Crippen molar-refractivity contribution in [2.24, 2.45) is 5.92 Å². The van der Waals surface area contributed by atoms with E-state index in [4.69, 9.17) is 10.5 Å². The van der Waals surface area contributed by atoms with Gasteiger partial charge >= 0.3 is 0 Å². The Morgan fingerprint density at radius 3 is 2.72 bits per heavy atom. The monoisotopic (exact) mass is 270 g/mol. The van der Waals surface area contributed by atoms with Gasteiger partial charge < -0.3 is 10.5 Å². The van der Waals surface area contributed by atoms with Gasteiger partial charge in [-0.25, -0.2) is 8.42 Å². The van der Waals surface area contributed by atoms with Crippen LogP contribution in [0.5, 0.6) is 5.75 Å². The van der Waals surface area contributed by atoms with Crippen molar-refractivity contribution in [3.63, 3.8) is 0 Å². The lowest BCUT2D eigenvalue weighted by atomic mass is 10.1. The van der Waals surface area contributed by atoms with Crippen molar-refractivity contribution in [2.75, 3.05) is 25.1 Å². The van der Waals surface area contributed by atoms with Crippen LogP contribution in [0, 0.1) is 5.92 Å². The van der Waals surface area contributed by atoms with Crippen LogP contribution in [0.1, 0.15) is 12.5 Å². The number of methoxy groups -OCH3 is 1. The van der Waals surface area contributed by atoms with Gasteiger partial charge in [-0.15, -0.1) is 0 Å². The molecule has 18 heavy (non-hydrogen) atoms. The first-order chi connectivity index (χ1) is 8.42. The minimum atomic E-state index is -3.10. The van der Waals surface area contributed by atoms with Crippen LogP contribution in [0.4, 0.5) is 5.69 Å². The molecule has 1 aliphatic rings. The summed E-state index contributed by atoms with van der Waals surface area (Å²) in [6.45, 7) is 2.90. The summed E-state index contributed by atoms with van der Waals surface area (Å²) in [4.78, 5) is 0. The topological polar surface area (TPSA) is 72.6 Å². The number of rotatable bonds is 3. The molecule has 0 radical (unpaired) electrons. The predicted molar refractivity (Wildman–Crippen MR) is 70.8 cm³/mol. The zero-order valence-corrected chi connectivity index (χ0v) is 11.4. The lowest BCUT2D eigenvalue weighted by Gasteiger charge is -2.15. The number of nitrogens with two attached hydrogens (primary N) is 1. The van der Waals surface area contributed by atoms with Crippen LogP contribution in [0.15, 0.2) is 18.2 Å². The first-order valence-corrected chi connectivity index (χ1v) is 7.43. The highest BCUT2D eigenvalue weighted by Crippen LogP contribution is 2.25. The minimum absolute atomic E-state index is 0.186. The molecule has 1 aliphatic heterocycles. The van der Waals surface area contributed by atoms with Gasteiger partial charge in [0.2, 0.25) is 10.0 Å². The second-order valence-electron chi connectivity index (χ2n) is 4.75. The summed E-state index contributed by atoms with van der Waals surface area (Å²) in [6, 6.07) is 5.36. The Morgan fingerprint density at radius 2 is 2.22 bits per heavy atom. The average molecular weight is 270 g/mol. The quantitative estimate of drug-likeness (QED) is 0.834. The number of hydrogen-bond acceptors (Lipinski definition) is 4. The molecule has 0 bridgehead atoms. The molecular formula is C12H18N2O3S. The molecule has 1 fully saturated rings. The smallest absolute Gasteiger partial charge is 0.214 e. The maximum atomic E-state index is 11.9. The van der Waals surface area contributed by atoms with Crippen LogP contribution in [0.25, 0.3) is 0 Å². The summed E-state index contributed by atoms with van der Waals surface area (Å²) in [5.74, 6) is 1.03. The van der Waals surface area contributed by atoms with Gasteiger partial charge in [-0.3, -0.25) is 0 Å². The third kappa shape index (κ3) is 2.59. The first kappa shape index (κ1) is 13.2. The minimum Gasteiger partial charge on any atom is -0.495 e. The maximum absolute atomic E-state index is 11.9. The number of sulfonamides is 1. The largest absolute Gasteiger partial charge is 0.495 e. The van der Waals surface area contributed by atoms with Crippen LogP contribution < -0.4 is 10.5 Å². The summed E-state index contributed by atoms with van der Waals surface area (Å²) in [5.41, 5.74) is 7.22. The molecule has 0 spiro atoms. The number of hydrogen-bond donors (Lipinski definition) is 1. The molecule has 1 atom stereocenters. The molecule has 0 aliphatic carbocycles. The summed E-state index contributed by atoms with van der Waals surface area (Å²) in [6.07, 6.45) is 0. The van der Waals surface area contributed by atoms with Crippen molar-refractivity contribution < 1.29 is 13.2 Å². The van der Waals surface area contributed by atoms with Crippen LogP contribution >= 0.6 is 0 Å². The van der Waals surface area contributed by atoms with Gasteiger partial charge in [-0.05, 0) is 23.6 Å². The number of nitrogens with zero attached hydrogens (tertiary/aromatic N) is 1. The van der Waals surface area contributed by atoms with Crippen molar-refractivity contribution in [1.29, 1.82) is 0 Å². The van der Waals surface area contributed by atoms with Crippen molar-refractivity contribution in [3.8, 4) is 5.75 Å². The molecule has 1 heterocycles. The number of ether oxygens (including phenoxy) is 1. The zero-order chi connectivity index (χ0) is 13.3. The second-order valence-corrected chi connectivity index (χ2v) is 6.77. The molecule has 1 saturated heterocycles. The Labute approximate surface area is 108 Å². The van der Waals surface area contributed by atoms with E-state index in [1.54, 1.807) is 19.2 Å². The van der Waals surface area contributed by atoms with E-state index in [-0.39, 0.29) is 11.7 Å². The van der Waals surface area contributed by atoms with Gasteiger partial charge in [-0.2, -0.15) is 4.31 Å². The molecule has 2 N–H and O–H groups in total. The number of anilines is 1. The molecular weight excluding hydrogens is 252 g/mol. The molecule has 1 aromatic rings. The van der Waals surface area contributed by atoms with E-state index in [1.807, 2.05) is 13.0 Å². The summed E-state index contributed by atoms with van der Waals surface area (Å²) >= 11 is 0. The number of nitrogen functional groups attached to an aromatic ring is 1. The Kier molecular flexibility index (Phi) is 3.49. The van der Waals surface area contributed by atoms with Crippen molar-refractivity contribution >= 4 is 15.7 Å². The van der Waals surface area contributed by atoms with Crippen LogP contribution in [-0.4, -0.2) is 32.1 Å². The Balaban J connectivity index is 2.17. The van der Waals surface area contributed by atoms with Gasteiger partial charge in [0, 0.05) is 13.1 Å². The van der Waals surface area contributed by atoms with Crippen LogP contribution in [-0.2, 0) is 16.6 Å². The van der Waals surface area contributed by atoms with Gasteiger partial charge in [0.1, 0.15) is 5.75 Å². The lowest BCUT2D eigenvalue weighted by Crippen LogP contribution is -2.25. The van der Waals surface area contributed by atoms with E-state index in [0.717, 1.165) is 5.56 Å². The van der Waals surface area contributed by atoms with E-state index < -0.39 is 10.0 Å². The summed E-state index contributed by atoms with van der Waals surface area (Å²) < 4.78 is 30.3. The van der Waals surface area contributed by atoms with E-state index in [1.165, 1.54) is 4.31 Å². The second kappa shape index (κ2) is 4.78. The number of benzene rings is 1. The maximum Gasteiger partial charge on any atom is 0.214 e. The molecule has 5 nitrogen and oxygen atoms in total. The van der Waals surface area contributed by atoms with E-state index >= 15 is 0 Å². The molecule has 1 aromatic carbocycles. The fourth-order valence-corrected chi connectivity index (χ4v) is 4.09. The highest BCUT2D eigenvalue weighted by Gasteiger charge is 2.33. The Hall–Kier alpha value is -1.27. The average Bonchev–Trinajstić information content (AvgIpc) is 2.52. The molecule has 1 unspecified atom stereocenters.